The number of nitrogens with zero attached hydrogens (tertiary/aromatic N) is 4. The fourth-order valence-corrected chi connectivity index (χ4v) is 4.06. The zero-order valence-electron chi connectivity index (χ0n) is 14.4. The number of benzene rings is 1. The van der Waals surface area contributed by atoms with Crippen molar-refractivity contribution < 1.29 is 8.78 Å². The fourth-order valence-electron chi connectivity index (χ4n) is 4.06. The van der Waals surface area contributed by atoms with Gasteiger partial charge in [0.15, 0.2) is 11.6 Å². The molecule has 0 unspecified atom stereocenters. The third-order valence-corrected chi connectivity index (χ3v) is 5.48. The van der Waals surface area contributed by atoms with Crippen LogP contribution in [0.2, 0.25) is 0 Å². The lowest BCUT2D eigenvalue weighted by Gasteiger charge is -2.31. The van der Waals surface area contributed by atoms with Gasteiger partial charge >= 0.3 is 0 Å². The van der Waals surface area contributed by atoms with Crippen LogP contribution in [0, 0.1) is 11.6 Å². The van der Waals surface area contributed by atoms with Gasteiger partial charge in [-0.25, -0.2) is 8.78 Å². The minimum atomic E-state index is -0.782. The van der Waals surface area contributed by atoms with E-state index >= 15 is 0 Å². The highest BCUT2D eigenvalue weighted by molar-refractivity contribution is 5.18. The molecule has 6 heteroatoms. The maximum absolute atomic E-state index is 13.4. The summed E-state index contributed by atoms with van der Waals surface area (Å²) < 4.78 is 28.8. The van der Waals surface area contributed by atoms with Gasteiger partial charge in [0.1, 0.15) is 11.6 Å². The van der Waals surface area contributed by atoms with Gasteiger partial charge in [-0.15, -0.1) is 10.2 Å². The molecule has 2 aliphatic heterocycles. The summed E-state index contributed by atoms with van der Waals surface area (Å²) in [4.78, 5) is 2.31. The Kier molecular flexibility index (Phi) is 4.79. The van der Waals surface area contributed by atoms with Crippen LogP contribution >= 0.6 is 0 Å². The summed E-state index contributed by atoms with van der Waals surface area (Å²) in [6.45, 7) is 3.62. The molecule has 4 rings (SSSR count). The third kappa shape index (κ3) is 3.59. The Hall–Kier alpha value is -1.82. The average Bonchev–Trinajstić information content (AvgIpc) is 2.87. The molecule has 1 aromatic carbocycles. The zero-order chi connectivity index (χ0) is 17.2. The van der Waals surface area contributed by atoms with Crippen LogP contribution in [-0.4, -0.2) is 32.8 Å². The molecule has 2 aromatic rings. The molecular formula is C19H24F2N4. The number of rotatable bonds is 3. The van der Waals surface area contributed by atoms with Crippen LogP contribution in [0.25, 0.3) is 0 Å². The number of hydrogen-bond donors (Lipinski definition) is 0. The molecule has 0 spiro atoms. The molecule has 0 bridgehead atoms. The van der Waals surface area contributed by atoms with E-state index in [2.05, 4.69) is 19.7 Å². The first kappa shape index (κ1) is 16.6. The van der Waals surface area contributed by atoms with Crippen LogP contribution in [-0.2, 0) is 19.5 Å². The Labute approximate surface area is 146 Å². The highest BCUT2D eigenvalue weighted by Gasteiger charge is 2.26. The summed E-state index contributed by atoms with van der Waals surface area (Å²) in [6, 6.07) is 4.19. The number of fused-ring (bicyclic) bond motifs is 1. The lowest BCUT2D eigenvalue weighted by atomic mass is 9.95. The van der Waals surface area contributed by atoms with Gasteiger partial charge in [-0.1, -0.05) is 12.5 Å². The molecule has 1 saturated heterocycles. The van der Waals surface area contributed by atoms with Gasteiger partial charge in [-0.05, 0) is 56.5 Å². The number of hydrogen-bond acceptors (Lipinski definition) is 3. The summed E-state index contributed by atoms with van der Waals surface area (Å²) in [5.74, 6) is 1.22. The van der Waals surface area contributed by atoms with Crippen molar-refractivity contribution in [2.45, 2.75) is 57.5 Å². The van der Waals surface area contributed by atoms with Crippen molar-refractivity contribution in [1.29, 1.82) is 0 Å². The second-order valence-corrected chi connectivity index (χ2v) is 7.24. The normalized spacial score (nSPS) is 19.6. The molecule has 0 radical (unpaired) electrons. The molecule has 3 heterocycles. The first-order valence-electron chi connectivity index (χ1n) is 9.29. The Balaban J connectivity index is 1.38. The molecule has 0 aliphatic carbocycles. The molecule has 0 saturated carbocycles. The van der Waals surface area contributed by atoms with E-state index in [0.29, 0.717) is 12.5 Å². The summed E-state index contributed by atoms with van der Waals surface area (Å²) in [7, 11) is 0. The van der Waals surface area contributed by atoms with Gasteiger partial charge in [-0.3, -0.25) is 4.90 Å². The van der Waals surface area contributed by atoms with E-state index in [9.17, 15) is 8.78 Å². The van der Waals surface area contributed by atoms with Gasteiger partial charge in [0.25, 0.3) is 0 Å². The monoisotopic (exact) mass is 346 g/mol. The summed E-state index contributed by atoms with van der Waals surface area (Å²) >= 11 is 0. The number of likely N-dealkylation sites (tertiary alicyclic amines) is 1. The number of aromatic nitrogens is 3. The fraction of sp³-hybridized carbons (Fsp3) is 0.579. The lowest BCUT2D eigenvalue weighted by molar-refractivity contribution is 0.199. The molecule has 0 amide bonds. The molecule has 0 N–H and O–H groups in total. The lowest BCUT2D eigenvalue weighted by Crippen LogP contribution is -2.33. The van der Waals surface area contributed by atoms with Crippen molar-refractivity contribution in [1.82, 2.24) is 19.7 Å². The second kappa shape index (κ2) is 7.20. The van der Waals surface area contributed by atoms with Gasteiger partial charge < -0.3 is 4.57 Å². The number of halogens is 2. The van der Waals surface area contributed by atoms with Crippen LogP contribution in [0.15, 0.2) is 18.2 Å². The molecule has 4 nitrogen and oxygen atoms in total. The van der Waals surface area contributed by atoms with E-state index < -0.39 is 11.6 Å². The van der Waals surface area contributed by atoms with Gasteiger partial charge in [0.2, 0.25) is 0 Å². The van der Waals surface area contributed by atoms with Crippen LogP contribution in [0.3, 0.4) is 0 Å². The maximum Gasteiger partial charge on any atom is 0.159 e. The van der Waals surface area contributed by atoms with Crippen molar-refractivity contribution in [2.24, 2.45) is 0 Å². The van der Waals surface area contributed by atoms with Gasteiger partial charge in [0.05, 0.1) is 0 Å². The SMILES string of the molecule is Fc1ccc(CN2CCC(c3nnc4n3CCCCC4)CC2)cc1F. The van der Waals surface area contributed by atoms with Crippen LogP contribution in [0.5, 0.6) is 0 Å². The van der Waals surface area contributed by atoms with Gasteiger partial charge in [0, 0.05) is 25.4 Å². The Morgan fingerprint density at radius 3 is 2.60 bits per heavy atom. The standard InChI is InChI=1S/C19H24F2N4/c20-16-6-5-14(12-17(16)21)13-24-10-7-15(8-11-24)19-23-22-18-4-2-1-3-9-25(18)19/h5-6,12,15H,1-4,7-11,13H2. The molecule has 0 atom stereocenters. The summed E-state index contributed by atoms with van der Waals surface area (Å²) in [5, 5.41) is 8.92. The smallest absolute Gasteiger partial charge is 0.159 e. The zero-order valence-corrected chi connectivity index (χ0v) is 14.4. The summed E-state index contributed by atoms with van der Waals surface area (Å²) in [5.41, 5.74) is 0.827. The predicted molar refractivity (Wildman–Crippen MR) is 91.2 cm³/mol. The second-order valence-electron chi connectivity index (χ2n) is 7.24. The Bertz CT molecular complexity index is 735. The van der Waals surface area contributed by atoms with Crippen molar-refractivity contribution in [2.75, 3.05) is 13.1 Å². The molecule has 1 aromatic heterocycles. The maximum atomic E-state index is 13.4. The van der Waals surface area contributed by atoms with Crippen molar-refractivity contribution >= 4 is 0 Å². The quantitative estimate of drug-likeness (QED) is 0.850. The first-order chi connectivity index (χ1) is 12.2. The topological polar surface area (TPSA) is 34.0 Å². The van der Waals surface area contributed by atoms with Crippen molar-refractivity contribution in [3.63, 3.8) is 0 Å². The highest BCUT2D eigenvalue weighted by Crippen LogP contribution is 2.29. The van der Waals surface area contributed by atoms with Crippen molar-refractivity contribution in [3.05, 3.63) is 47.0 Å². The van der Waals surface area contributed by atoms with E-state index in [1.54, 1.807) is 6.07 Å². The minimum Gasteiger partial charge on any atom is -0.315 e. The molecule has 1 fully saturated rings. The van der Waals surface area contributed by atoms with E-state index in [1.807, 2.05) is 0 Å². The van der Waals surface area contributed by atoms with E-state index in [4.69, 9.17) is 0 Å². The molecular weight excluding hydrogens is 322 g/mol. The van der Waals surface area contributed by atoms with Crippen LogP contribution in [0.1, 0.15) is 55.2 Å². The summed E-state index contributed by atoms with van der Waals surface area (Å²) in [6.07, 6.45) is 6.83. The Morgan fingerprint density at radius 2 is 1.80 bits per heavy atom. The third-order valence-electron chi connectivity index (χ3n) is 5.48. The van der Waals surface area contributed by atoms with E-state index in [0.717, 1.165) is 56.1 Å². The molecule has 134 valence electrons. The largest absolute Gasteiger partial charge is 0.315 e. The Morgan fingerprint density at radius 1 is 0.960 bits per heavy atom. The van der Waals surface area contributed by atoms with Crippen LogP contribution < -0.4 is 0 Å². The predicted octanol–water partition coefficient (Wildman–Crippen LogP) is 3.66. The first-order valence-corrected chi connectivity index (χ1v) is 9.29. The molecule has 2 aliphatic rings. The minimum absolute atomic E-state index is 0.459. The molecule has 25 heavy (non-hydrogen) atoms. The van der Waals surface area contributed by atoms with E-state index in [1.165, 1.54) is 31.4 Å². The number of aryl methyl sites for hydroxylation is 1. The highest BCUT2D eigenvalue weighted by atomic mass is 19.2. The average molecular weight is 346 g/mol. The van der Waals surface area contributed by atoms with Crippen molar-refractivity contribution in [3.8, 4) is 0 Å². The van der Waals surface area contributed by atoms with Crippen LogP contribution in [0.4, 0.5) is 8.78 Å². The van der Waals surface area contributed by atoms with E-state index in [-0.39, 0.29) is 0 Å². The van der Waals surface area contributed by atoms with Gasteiger partial charge in [-0.2, -0.15) is 0 Å². The number of piperidine rings is 1.